The molecule has 0 unspecified atom stereocenters. The molecule has 10 heteroatoms. The van der Waals surface area contributed by atoms with Gasteiger partial charge in [0.25, 0.3) is 5.69 Å². The van der Waals surface area contributed by atoms with Crippen LogP contribution in [0, 0.1) is 20.2 Å². The Labute approximate surface area is 98.2 Å². The Bertz CT molecular complexity index is 554. The van der Waals surface area contributed by atoms with Gasteiger partial charge in [-0.3, -0.25) is 25.0 Å². The molecule has 0 aliphatic heterocycles. The number of carbonyl (C=O) groups excluding carboxylic acids is 2. The average molecular weight is 255 g/mol. The maximum absolute atomic E-state index is 10.9. The molecule has 2 N–H and O–H groups in total. The Morgan fingerprint density at radius 3 is 2.22 bits per heavy atom. The maximum atomic E-state index is 10.9. The van der Waals surface area contributed by atoms with Crippen molar-refractivity contribution in [1.29, 1.82) is 0 Å². The molecule has 1 amide bonds. The molecule has 0 aliphatic rings. The molecule has 0 radical (unpaired) electrons. The molecule has 0 bridgehead atoms. The van der Waals surface area contributed by atoms with Gasteiger partial charge in [0.1, 0.15) is 0 Å². The first-order valence-electron chi connectivity index (χ1n) is 4.27. The Morgan fingerprint density at radius 2 is 1.78 bits per heavy atom. The van der Waals surface area contributed by atoms with Crippen LogP contribution in [0.5, 0.6) is 5.75 Å². The van der Waals surface area contributed by atoms with E-state index in [1.165, 1.54) is 0 Å². The number of hydrogen-bond acceptors (Lipinski definition) is 7. The second-order valence-electron chi connectivity index (χ2n) is 2.92. The molecule has 1 aromatic carbocycles. The number of nitrogens with two attached hydrogens (primary N) is 1. The van der Waals surface area contributed by atoms with Crippen LogP contribution in [0.1, 0.15) is 0 Å². The molecule has 10 nitrogen and oxygen atoms in total. The number of esters is 1. The van der Waals surface area contributed by atoms with Crippen LogP contribution in [-0.4, -0.2) is 21.7 Å². The number of ether oxygens (including phenoxy) is 1. The molecule has 94 valence electrons. The van der Waals surface area contributed by atoms with Gasteiger partial charge in [-0.1, -0.05) is 0 Å². The number of carbonyl (C=O) groups is 2. The third kappa shape index (κ3) is 2.75. The fraction of sp³-hybridized carbons (Fsp3) is 0. The molecule has 0 aromatic heterocycles. The third-order valence-electron chi connectivity index (χ3n) is 1.75. The molecule has 1 aromatic rings. The second-order valence-corrected chi connectivity index (χ2v) is 2.92. The second kappa shape index (κ2) is 4.86. The molecule has 18 heavy (non-hydrogen) atoms. The van der Waals surface area contributed by atoms with Gasteiger partial charge in [-0.05, 0) is 6.07 Å². The number of nitro benzene ring substituents is 2. The largest absolute Gasteiger partial charge is 0.412 e. The Hall–Kier alpha value is -3.04. The summed E-state index contributed by atoms with van der Waals surface area (Å²) < 4.78 is 4.33. The van der Waals surface area contributed by atoms with E-state index in [1.807, 2.05) is 0 Å². The Kier molecular flexibility index (Phi) is 3.52. The number of hydrogen-bond donors (Lipinski definition) is 1. The summed E-state index contributed by atoms with van der Waals surface area (Å²) in [6, 6.07) is 2.32. The van der Waals surface area contributed by atoms with Gasteiger partial charge >= 0.3 is 17.6 Å². The van der Waals surface area contributed by atoms with E-state index in [1.54, 1.807) is 0 Å². The molecule has 0 aliphatic carbocycles. The summed E-state index contributed by atoms with van der Waals surface area (Å²) >= 11 is 0. The monoisotopic (exact) mass is 255 g/mol. The van der Waals surface area contributed by atoms with Crippen LogP contribution < -0.4 is 10.5 Å². The lowest BCUT2D eigenvalue weighted by Gasteiger charge is -2.02. The van der Waals surface area contributed by atoms with Crippen LogP contribution in [0.2, 0.25) is 0 Å². The van der Waals surface area contributed by atoms with E-state index in [4.69, 9.17) is 0 Å². The normalized spacial score (nSPS) is 9.56. The Morgan fingerprint density at radius 1 is 1.17 bits per heavy atom. The predicted molar refractivity (Wildman–Crippen MR) is 54.6 cm³/mol. The number of nitro groups is 2. The third-order valence-corrected chi connectivity index (χ3v) is 1.75. The molecule has 0 saturated heterocycles. The van der Waals surface area contributed by atoms with E-state index in [0.717, 1.165) is 12.1 Å². The minimum Gasteiger partial charge on any atom is -0.412 e. The van der Waals surface area contributed by atoms with Crippen molar-refractivity contribution in [2.75, 3.05) is 0 Å². The average Bonchev–Trinajstić information content (AvgIpc) is 2.28. The van der Waals surface area contributed by atoms with Crippen molar-refractivity contribution in [1.82, 2.24) is 0 Å². The van der Waals surface area contributed by atoms with Crippen molar-refractivity contribution >= 4 is 23.3 Å². The van der Waals surface area contributed by atoms with E-state index in [-0.39, 0.29) is 0 Å². The zero-order valence-corrected chi connectivity index (χ0v) is 8.56. The van der Waals surface area contributed by atoms with E-state index in [2.05, 4.69) is 10.5 Å². The summed E-state index contributed by atoms with van der Waals surface area (Å²) in [5, 5.41) is 21.0. The van der Waals surface area contributed by atoms with Crippen LogP contribution >= 0.6 is 0 Å². The van der Waals surface area contributed by atoms with E-state index >= 15 is 0 Å². The summed E-state index contributed by atoms with van der Waals surface area (Å²) in [6.07, 6.45) is 0. The number of primary amides is 1. The molecule has 0 heterocycles. The maximum Gasteiger partial charge on any atom is 0.402 e. The molecule has 0 spiro atoms. The number of amides is 1. The van der Waals surface area contributed by atoms with Gasteiger partial charge in [0.2, 0.25) is 5.75 Å². The van der Waals surface area contributed by atoms with Crippen LogP contribution in [0.3, 0.4) is 0 Å². The van der Waals surface area contributed by atoms with Crippen molar-refractivity contribution < 1.29 is 24.2 Å². The summed E-state index contributed by atoms with van der Waals surface area (Å²) in [5.41, 5.74) is 3.22. The van der Waals surface area contributed by atoms with Crippen LogP contribution in [-0.2, 0) is 9.59 Å². The lowest BCUT2D eigenvalue weighted by Crippen LogP contribution is -2.27. The molecular weight excluding hydrogens is 250 g/mol. The highest BCUT2D eigenvalue weighted by atomic mass is 16.6. The number of nitrogens with zero attached hydrogens (tertiary/aromatic N) is 2. The fourth-order valence-corrected chi connectivity index (χ4v) is 0.998. The first kappa shape index (κ1) is 13.0. The highest BCUT2D eigenvalue weighted by Gasteiger charge is 2.24. The van der Waals surface area contributed by atoms with Gasteiger partial charge in [-0.15, -0.1) is 0 Å². The van der Waals surface area contributed by atoms with Gasteiger partial charge in [-0.25, -0.2) is 4.79 Å². The summed E-state index contributed by atoms with van der Waals surface area (Å²) in [6.45, 7) is 0. The van der Waals surface area contributed by atoms with E-state index < -0.39 is 38.8 Å². The zero-order valence-electron chi connectivity index (χ0n) is 8.56. The van der Waals surface area contributed by atoms with Crippen molar-refractivity contribution in [2.45, 2.75) is 0 Å². The van der Waals surface area contributed by atoms with Gasteiger partial charge in [0, 0.05) is 6.07 Å². The number of rotatable bonds is 3. The van der Waals surface area contributed by atoms with Gasteiger partial charge in [0.15, 0.2) is 0 Å². The molecule has 0 fully saturated rings. The fourth-order valence-electron chi connectivity index (χ4n) is 0.998. The van der Waals surface area contributed by atoms with Crippen molar-refractivity contribution in [3.63, 3.8) is 0 Å². The molecule has 0 saturated carbocycles. The molecular formula is C8H5N3O7. The standard InChI is InChI=1S/C8H5N3O7/c9-7(12)8(13)18-6-2-1-4(10(14)15)3-5(6)11(16)17/h1-3H,(H2,9,12). The molecule has 1 rings (SSSR count). The summed E-state index contributed by atoms with van der Waals surface area (Å²) in [4.78, 5) is 40.5. The molecule has 0 atom stereocenters. The first-order valence-corrected chi connectivity index (χ1v) is 4.27. The lowest BCUT2D eigenvalue weighted by atomic mass is 10.2. The van der Waals surface area contributed by atoms with Gasteiger partial charge in [0.05, 0.1) is 15.9 Å². The Balaban J connectivity index is 3.20. The van der Waals surface area contributed by atoms with Crippen LogP contribution in [0.4, 0.5) is 11.4 Å². The SMILES string of the molecule is NC(=O)C(=O)Oc1ccc([N+](=O)[O-])cc1[N+](=O)[O-]. The van der Waals surface area contributed by atoms with Gasteiger partial charge in [-0.2, -0.15) is 0 Å². The minimum atomic E-state index is -1.51. The number of non-ortho nitro benzene ring substituents is 1. The minimum absolute atomic E-state index is 0.555. The lowest BCUT2D eigenvalue weighted by molar-refractivity contribution is -0.394. The highest BCUT2D eigenvalue weighted by molar-refractivity contribution is 6.32. The zero-order chi connectivity index (χ0) is 13.9. The predicted octanol–water partition coefficient (Wildman–Crippen LogP) is -0.106. The topological polar surface area (TPSA) is 156 Å². The van der Waals surface area contributed by atoms with Gasteiger partial charge < -0.3 is 10.5 Å². The quantitative estimate of drug-likeness (QED) is 0.259. The van der Waals surface area contributed by atoms with Crippen molar-refractivity contribution in [2.24, 2.45) is 5.73 Å². The van der Waals surface area contributed by atoms with Crippen molar-refractivity contribution in [3.05, 3.63) is 38.4 Å². The highest BCUT2D eigenvalue weighted by Crippen LogP contribution is 2.30. The van der Waals surface area contributed by atoms with E-state index in [9.17, 15) is 29.8 Å². The van der Waals surface area contributed by atoms with E-state index in [0.29, 0.717) is 6.07 Å². The first-order chi connectivity index (χ1) is 8.32. The van der Waals surface area contributed by atoms with Crippen LogP contribution in [0.25, 0.3) is 0 Å². The summed E-state index contributed by atoms with van der Waals surface area (Å²) in [5.74, 6) is -3.55. The number of benzene rings is 1. The van der Waals surface area contributed by atoms with Crippen LogP contribution in [0.15, 0.2) is 18.2 Å². The van der Waals surface area contributed by atoms with Crippen molar-refractivity contribution in [3.8, 4) is 5.75 Å². The smallest absolute Gasteiger partial charge is 0.402 e. The summed E-state index contributed by atoms with van der Waals surface area (Å²) in [7, 11) is 0.